The summed E-state index contributed by atoms with van der Waals surface area (Å²) < 4.78 is 19.3. The first-order valence-corrected chi connectivity index (χ1v) is 9.10. The molecule has 0 unspecified atom stereocenters. The van der Waals surface area contributed by atoms with Gasteiger partial charge in [-0.25, -0.2) is 4.98 Å². The first-order valence-electron chi connectivity index (χ1n) is 9.10. The van der Waals surface area contributed by atoms with Gasteiger partial charge >= 0.3 is 0 Å². The van der Waals surface area contributed by atoms with Crippen molar-refractivity contribution in [1.82, 2.24) is 19.5 Å². The molecule has 11 nitrogen and oxygen atoms in total. The van der Waals surface area contributed by atoms with E-state index < -0.39 is 35.9 Å². The molecular weight excluding hydrogens is 370 g/mol. The Balaban J connectivity index is 1.74. The van der Waals surface area contributed by atoms with Crippen molar-refractivity contribution in [3.8, 4) is 0 Å². The zero-order valence-corrected chi connectivity index (χ0v) is 16.0. The Morgan fingerprint density at radius 3 is 2.79 bits per heavy atom. The van der Waals surface area contributed by atoms with Crippen molar-refractivity contribution >= 4 is 23.0 Å². The van der Waals surface area contributed by atoms with Crippen molar-refractivity contribution in [2.45, 2.75) is 58.0 Å². The maximum absolute atomic E-state index is 12.4. The highest BCUT2D eigenvalue weighted by molar-refractivity contribution is 5.91. The number of carbonyl (C=O) groups is 1. The van der Waals surface area contributed by atoms with Gasteiger partial charge in [-0.2, -0.15) is 4.98 Å². The Hall–Kier alpha value is -2.34. The third-order valence-corrected chi connectivity index (χ3v) is 4.78. The molecule has 4 heterocycles. The molecule has 11 heteroatoms. The van der Waals surface area contributed by atoms with Gasteiger partial charge in [0.25, 0.3) is 5.56 Å². The molecule has 0 bridgehead atoms. The maximum Gasteiger partial charge on any atom is 0.280 e. The van der Waals surface area contributed by atoms with Crippen LogP contribution in [0.5, 0.6) is 0 Å². The number of nitrogens with one attached hydrogen (secondary N) is 2. The van der Waals surface area contributed by atoms with E-state index in [1.54, 1.807) is 32.3 Å². The minimum atomic E-state index is -0.831. The van der Waals surface area contributed by atoms with E-state index in [9.17, 15) is 14.7 Å². The molecule has 0 saturated carbocycles. The van der Waals surface area contributed by atoms with Gasteiger partial charge in [-0.3, -0.25) is 24.5 Å². The number of aromatic amines is 1. The number of anilines is 1. The zero-order chi connectivity index (χ0) is 20.2. The number of amides is 1. The number of hydrogen-bond acceptors (Lipinski definition) is 8. The van der Waals surface area contributed by atoms with Crippen LogP contribution < -0.4 is 10.9 Å². The molecular formula is C17H23N5O6. The van der Waals surface area contributed by atoms with Gasteiger partial charge in [0, 0.05) is 5.92 Å². The molecule has 0 aliphatic carbocycles. The molecule has 4 atom stereocenters. The van der Waals surface area contributed by atoms with Gasteiger partial charge in [-0.1, -0.05) is 13.8 Å². The molecule has 1 amide bonds. The van der Waals surface area contributed by atoms with Crippen LogP contribution in [0.15, 0.2) is 11.1 Å². The Morgan fingerprint density at radius 1 is 1.39 bits per heavy atom. The summed E-state index contributed by atoms with van der Waals surface area (Å²) in [5.41, 5.74) is -0.147. The summed E-state index contributed by atoms with van der Waals surface area (Å²) in [4.78, 5) is 35.3. The van der Waals surface area contributed by atoms with Crippen LogP contribution in [0.2, 0.25) is 0 Å². The monoisotopic (exact) mass is 393 g/mol. The first kappa shape index (κ1) is 19.0. The molecule has 2 saturated heterocycles. The number of carbonyl (C=O) groups excluding carboxylic acids is 1. The Morgan fingerprint density at radius 2 is 2.11 bits per heavy atom. The lowest BCUT2D eigenvalue weighted by Gasteiger charge is -2.24. The number of nitrogens with zero attached hydrogens (tertiary/aromatic N) is 3. The van der Waals surface area contributed by atoms with Crippen molar-refractivity contribution in [1.29, 1.82) is 0 Å². The van der Waals surface area contributed by atoms with Crippen LogP contribution in [-0.4, -0.2) is 61.2 Å². The molecule has 0 spiro atoms. The zero-order valence-electron chi connectivity index (χ0n) is 16.0. The topological polar surface area (TPSA) is 141 Å². The molecule has 0 radical (unpaired) electrons. The second-order valence-electron chi connectivity index (χ2n) is 7.69. The quantitative estimate of drug-likeness (QED) is 0.665. The highest BCUT2D eigenvalue weighted by atomic mass is 16.8. The van der Waals surface area contributed by atoms with Gasteiger partial charge in [0.05, 0.1) is 12.9 Å². The largest absolute Gasteiger partial charge is 0.394 e. The summed E-state index contributed by atoms with van der Waals surface area (Å²) in [6, 6.07) is 0. The van der Waals surface area contributed by atoms with E-state index in [2.05, 4.69) is 20.3 Å². The lowest BCUT2D eigenvalue weighted by Crippen LogP contribution is -2.31. The minimum absolute atomic E-state index is 0.0233. The maximum atomic E-state index is 12.4. The molecule has 2 aliphatic rings. The van der Waals surface area contributed by atoms with Crippen molar-refractivity contribution < 1.29 is 24.1 Å². The molecule has 4 rings (SSSR count). The molecule has 0 aromatic carbocycles. The van der Waals surface area contributed by atoms with Gasteiger partial charge < -0.3 is 19.3 Å². The molecule has 28 heavy (non-hydrogen) atoms. The SMILES string of the molecule is CC(C)C(=O)Nc1nc2c(ncn2[C@@H]2O[C@@H](CO)[C@H]3OC(C)(C)O[C@H]32)c(=O)[nH]1. The highest BCUT2D eigenvalue weighted by Gasteiger charge is 2.56. The number of ether oxygens (including phenoxy) is 3. The van der Waals surface area contributed by atoms with Crippen LogP contribution in [0.3, 0.4) is 0 Å². The van der Waals surface area contributed by atoms with Crippen molar-refractivity contribution in [2.24, 2.45) is 5.92 Å². The fourth-order valence-corrected chi connectivity index (χ4v) is 3.46. The average molecular weight is 393 g/mol. The summed E-state index contributed by atoms with van der Waals surface area (Å²) >= 11 is 0. The molecule has 3 N–H and O–H groups in total. The fourth-order valence-electron chi connectivity index (χ4n) is 3.46. The summed E-state index contributed by atoms with van der Waals surface area (Å²) in [7, 11) is 0. The number of H-pyrrole nitrogens is 1. The molecule has 2 aliphatic heterocycles. The van der Waals surface area contributed by atoms with Crippen molar-refractivity contribution in [3.05, 3.63) is 16.7 Å². The summed E-state index contributed by atoms with van der Waals surface area (Å²) in [5.74, 6) is -1.36. The van der Waals surface area contributed by atoms with Gasteiger partial charge in [-0.15, -0.1) is 0 Å². The third-order valence-electron chi connectivity index (χ3n) is 4.78. The Bertz CT molecular complexity index is 967. The third kappa shape index (κ3) is 3.09. The second-order valence-corrected chi connectivity index (χ2v) is 7.69. The number of hydrogen-bond donors (Lipinski definition) is 3. The van der Waals surface area contributed by atoms with Crippen LogP contribution >= 0.6 is 0 Å². The number of aromatic nitrogens is 4. The normalized spacial score (nSPS) is 28.8. The lowest BCUT2D eigenvalue weighted by atomic mass is 10.1. The average Bonchev–Trinajstić information content (AvgIpc) is 3.25. The van der Waals surface area contributed by atoms with Gasteiger partial charge in [-0.05, 0) is 13.8 Å². The number of aliphatic hydroxyl groups excluding tert-OH is 1. The van der Waals surface area contributed by atoms with Crippen LogP contribution in [-0.2, 0) is 19.0 Å². The molecule has 152 valence electrons. The van der Waals surface area contributed by atoms with E-state index in [1.807, 2.05) is 0 Å². The van der Waals surface area contributed by atoms with Crippen LogP contribution in [0.25, 0.3) is 11.2 Å². The molecule has 2 aromatic heterocycles. The Kier molecular flexibility index (Phi) is 4.49. The summed E-state index contributed by atoms with van der Waals surface area (Å²) in [6.07, 6.45) is -0.839. The van der Waals surface area contributed by atoms with Crippen LogP contribution in [0, 0.1) is 5.92 Å². The predicted octanol–water partition coefficient (Wildman–Crippen LogP) is 0.124. The van der Waals surface area contributed by atoms with Gasteiger partial charge in [0.15, 0.2) is 23.2 Å². The second kappa shape index (κ2) is 6.62. The molecule has 2 aromatic rings. The molecule has 2 fully saturated rings. The van der Waals surface area contributed by atoms with E-state index in [-0.39, 0.29) is 35.5 Å². The fraction of sp³-hybridized carbons (Fsp3) is 0.647. The van der Waals surface area contributed by atoms with Crippen LogP contribution in [0.1, 0.15) is 33.9 Å². The number of rotatable bonds is 4. The minimum Gasteiger partial charge on any atom is -0.394 e. The van der Waals surface area contributed by atoms with Crippen molar-refractivity contribution in [2.75, 3.05) is 11.9 Å². The van der Waals surface area contributed by atoms with E-state index in [0.717, 1.165) is 0 Å². The predicted molar refractivity (Wildman–Crippen MR) is 96.4 cm³/mol. The standard InChI is InChI=1S/C17H23N5O6/c1-7(2)13(24)20-16-19-12-9(14(25)21-16)18-6-22(12)15-11-10(8(5-23)26-15)27-17(3,4)28-11/h6-8,10-11,15,23H,5H2,1-4H3,(H2,19,20,21,24,25)/t8-,10+,11+,15+/m0/s1. The van der Waals surface area contributed by atoms with E-state index >= 15 is 0 Å². The van der Waals surface area contributed by atoms with Crippen LogP contribution in [0.4, 0.5) is 5.95 Å². The first-order chi connectivity index (χ1) is 13.2. The van der Waals surface area contributed by atoms with E-state index in [4.69, 9.17) is 14.2 Å². The lowest BCUT2D eigenvalue weighted by molar-refractivity contribution is -0.199. The Labute approximate surface area is 160 Å². The highest BCUT2D eigenvalue weighted by Crippen LogP contribution is 2.43. The van der Waals surface area contributed by atoms with E-state index in [1.165, 1.54) is 6.33 Å². The number of fused-ring (bicyclic) bond motifs is 2. The number of imidazole rings is 1. The van der Waals surface area contributed by atoms with Gasteiger partial charge in [0.1, 0.15) is 18.3 Å². The smallest absolute Gasteiger partial charge is 0.280 e. The summed E-state index contributed by atoms with van der Waals surface area (Å²) in [6.45, 7) is 6.79. The van der Waals surface area contributed by atoms with E-state index in [0.29, 0.717) is 0 Å². The number of aliphatic hydroxyl groups is 1. The van der Waals surface area contributed by atoms with Crippen molar-refractivity contribution in [3.63, 3.8) is 0 Å². The summed E-state index contributed by atoms with van der Waals surface area (Å²) in [5, 5.41) is 12.2. The van der Waals surface area contributed by atoms with Gasteiger partial charge in [0.2, 0.25) is 11.9 Å².